The molecule has 136 valence electrons. The summed E-state index contributed by atoms with van der Waals surface area (Å²) in [5, 5.41) is 9.27. The molecular formula is C20H14O6S. The molecule has 0 amide bonds. The van der Waals surface area contributed by atoms with Gasteiger partial charge in [0.05, 0.1) is 9.79 Å². The summed E-state index contributed by atoms with van der Waals surface area (Å²) in [7, 11) is -3.78. The number of hydrogen-bond acceptors (Lipinski definition) is 6. The lowest BCUT2D eigenvalue weighted by molar-refractivity contribution is -0.129. The first-order valence-electron chi connectivity index (χ1n) is 7.84. The number of hydrogen-bond donors (Lipinski definition) is 1. The Morgan fingerprint density at radius 1 is 0.741 bits per heavy atom. The molecule has 0 atom stereocenters. The van der Waals surface area contributed by atoms with E-state index in [2.05, 4.69) is 0 Å². The third kappa shape index (κ3) is 4.04. The zero-order valence-corrected chi connectivity index (χ0v) is 14.7. The molecule has 3 aromatic carbocycles. The first-order valence-corrected chi connectivity index (χ1v) is 9.32. The monoisotopic (exact) mass is 382 g/mol. The Morgan fingerprint density at radius 3 is 1.81 bits per heavy atom. The minimum atomic E-state index is -3.78. The molecule has 1 N–H and O–H groups in total. The third-order valence-electron chi connectivity index (χ3n) is 3.71. The molecule has 0 spiro atoms. The molecule has 0 saturated heterocycles. The second-order valence-electron chi connectivity index (χ2n) is 5.55. The van der Waals surface area contributed by atoms with Crippen molar-refractivity contribution in [1.82, 2.24) is 0 Å². The summed E-state index contributed by atoms with van der Waals surface area (Å²) in [5.41, 5.74) is 0.203. The summed E-state index contributed by atoms with van der Waals surface area (Å²) >= 11 is 0. The predicted octanol–water partition coefficient (Wildman–Crippen LogP) is 3.01. The highest BCUT2D eigenvalue weighted by atomic mass is 32.2. The van der Waals surface area contributed by atoms with Crippen LogP contribution in [0, 0.1) is 0 Å². The Hall–Kier alpha value is -3.45. The van der Waals surface area contributed by atoms with E-state index in [1.165, 1.54) is 60.7 Å². The molecular weight excluding hydrogens is 368 g/mol. The molecule has 7 heteroatoms. The molecule has 0 fully saturated rings. The lowest BCUT2D eigenvalue weighted by Gasteiger charge is -2.07. The number of aromatic hydroxyl groups is 1. The smallest absolute Gasteiger partial charge is 0.385 e. The van der Waals surface area contributed by atoms with Crippen LogP contribution in [0.1, 0.15) is 10.4 Å². The first-order chi connectivity index (χ1) is 12.9. The molecule has 0 aromatic heterocycles. The predicted molar refractivity (Wildman–Crippen MR) is 96.4 cm³/mol. The Morgan fingerprint density at radius 2 is 1.26 bits per heavy atom. The van der Waals surface area contributed by atoms with E-state index in [1.807, 2.05) is 0 Å². The van der Waals surface area contributed by atoms with Crippen LogP contribution in [0.2, 0.25) is 0 Å². The zero-order chi connectivity index (χ0) is 19.4. The maximum absolute atomic E-state index is 12.5. The van der Waals surface area contributed by atoms with Crippen LogP contribution in [-0.4, -0.2) is 25.3 Å². The van der Waals surface area contributed by atoms with Gasteiger partial charge in [-0.05, 0) is 48.5 Å². The molecule has 0 unspecified atom stereocenters. The van der Waals surface area contributed by atoms with Crippen molar-refractivity contribution >= 4 is 21.6 Å². The van der Waals surface area contributed by atoms with Gasteiger partial charge in [-0.2, -0.15) is 0 Å². The average molecular weight is 382 g/mol. The van der Waals surface area contributed by atoms with Crippen LogP contribution in [0.15, 0.2) is 88.7 Å². The van der Waals surface area contributed by atoms with Gasteiger partial charge in [0.2, 0.25) is 9.84 Å². The molecule has 6 nitrogen and oxygen atoms in total. The molecule has 3 aromatic rings. The zero-order valence-electron chi connectivity index (χ0n) is 13.9. The Bertz CT molecular complexity index is 1070. The van der Waals surface area contributed by atoms with E-state index >= 15 is 0 Å². The van der Waals surface area contributed by atoms with Gasteiger partial charge in [0.1, 0.15) is 11.5 Å². The van der Waals surface area contributed by atoms with Gasteiger partial charge in [0.15, 0.2) is 0 Å². The summed E-state index contributed by atoms with van der Waals surface area (Å²) in [6.07, 6.45) is 0. The van der Waals surface area contributed by atoms with Crippen molar-refractivity contribution in [3.8, 4) is 11.5 Å². The normalized spacial score (nSPS) is 11.0. The number of sulfone groups is 1. The van der Waals surface area contributed by atoms with Gasteiger partial charge >= 0.3 is 5.97 Å². The summed E-state index contributed by atoms with van der Waals surface area (Å²) < 4.78 is 30.1. The lowest BCUT2D eigenvalue weighted by Crippen LogP contribution is -2.20. The quantitative estimate of drug-likeness (QED) is 0.315. The number of rotatable bonds is 5. The largest absolute Gasteiger partial charge is 0.508 e. The Labute approximate surface area is 155 Å². The highest BCUT2D eigenvalue weighted by Crippen LogP contribution is 2.24. The Kier molecular flexibility index (Phi) is 5.05. The molecule has 3 rings (SSSR count). The number of Topliss-reactive ketones (excluding diaryl/α,β-unsaturated/α-hetero) is 1. The molecule has 27 heavy (non-hydrogen) atoms. The summed E-state index contributed by atoms with van der Waals surface area (Å²) in [6, 6.07) is 18.2. The minimum Gasteiger partial charge on any atom is -0.508 e. The van der Waals surface area contributed by atoms with Crippen molar-refractivity contribution in [3.63, 3.8) is 0 Å². The maximum atomic E-state index is 12.5. The van der Waals surface area contributed by atoms with E-state index in [0.717, 1.165) is 0 Å². The van der Waals surface area contributed by atoms with Crippen molar-refractivity contribution < 1.29 is 27.9 Å². The number of esters is 1. The fourth-order valence-electron chi connectivity index (χ4n) is 2.31. The topological polar surface area (TPSA) is 97.7 Å². The van der Waals surface area contributed by atoms with Gasteiger partial charge in [-0.3, -0.25) is 4.79 Å². The number of ether oxygens (including phenoxy) is 1. The molecule has 0 aliphatic rings. The van der Waals surface area contributed by atoms with Crippen molar-refractivity contribution in [1.29, 1.82) is 0 Å². The summed E-state index contributed by atoms with van der Waals surface area (Å²) in [5.74, 6) is -1.85. The van der Waals surface area contributed by atoms with Crippen molar-refractivity contribution in [2.24, 2.45) is 0 Å². The van der Waals surface area contributed by atoms with Crippen molar-refractivity contribution in [3.05, 3.63) is 84.4 Å². The number of phenols is 1. The van der Waals surface area contributed by atoms with Crippen LogP contribution in [0.4, 0.5) is 0 Å². The fourth-order valence-corrected chi connectivity index (χ4v) is 3.57. The van der Waals surface area contributed by atoms with Crippen LogP contribution in [0.3, 0.4) is 0 Å². The maximum Gasteiger partial charge on any atom is 0.385 e. The van der Waals surface area contributed by atoms with Crippen LogP contribution < -0.4 is 4.74 Å². The molecule has 0 saturated carbocycles. The second kappa shape index (κ2) is 7.43. The third-order valence-corrected chi connectivity index (χ3v) is 5.50. The van der Waals surface area contributed by atoms with Gasteiger partial charge in [0.25, 0.3) is 5.78 Å². The first kappa shape index (κ1) is 18.3. The van der Waals surface area contributed by atoms with Crippen LogP contribution in [0.25, 0.3) is 0 Å². The van der Waals surface area contributed by atoms with E-state index in [0.29, 0.717) is 0 Å². The SMILES string of the molecule is O=C(Oc1ccc(S(=O)(=O)c2ccc(O)cc2)cc1)C(=O)c1ccccc1. The number of carbonyl (C=O) groups is 2. The Balaban J connectivity index is 1.76. The molecule has 0 aliphatic carbocycles. The molecule has 0 bridgehead atoms. The molecule has 0 aliphatic heterocycles. The average Bonchev–Trinajstić information content (AvgIpc) is 2.69. The highest BCUT2D eigenvalue weighted by Gasteiger charge is 2.20. The van der Waals surface area contributed by atoms with E-state index in [-0.39, 0.29) is 26.9 Å². The van der Waals surface area contributed by atoms with Gasteiger partial charge in [-0.25, -0.2) is 13.2 Å². The van der Waals surface area contributed by atoms with Crippen LogP contribution in [-0.2, 0) is 14.6 Å². The number of phenolic OH excluding ortho intramolecular Hbond substituents is 1. The minimum absolute atomic E-state index is 0.0117. The summed E-state index contributed by atoms with van der Waals surface area (Å²) in [6.45, 7) is 0. The van der Waals surface area contributed by atoms with Gasteiger partial charge in [-0.1, -0.05) is 30.3 Å². The second-order valence-corrected chi connectivity index (χ2v) is 7.50. The van der Waals surface area contributed by atoms with E-state index in [4.69, 9.17) is 4.74 Å². The van der Waals surface area contributed by atoms with Gasteiger partial charge in [-0.15, -0.1) is 0 Å². The van der Waals surface area contributed by atoms with Crippen molar-refractivity contribution in [2.45, 2.75) is 9.79 Å². The van der Waals surface area contributed by atoms with Crippen molar-refractivity contribution in [2.75, 3.05) is 0 Å². The van der Waals surface area contributed by atoms with E-state index in [1.54, 1.807) is 18.2 Å². The summed E-state index contributed by atoms with van der Waals surface area (Å²) in [4.78, 5) is 23.9. The van der Waals surface area contributed by atoms with E-state index in [9.17, 15) is 23.1 Å². The van der Waals surface area contributed by atoms with E-state index < -0.39 is 21.6 Å². The fraction of sp³-hybridized carbons (Fsp3) is 0. The molecule has 0 radical (unpaired) electrons. The van der Waals surface area contributed by atoms with Crippen LogP contribution in [0.5, 0.6) is 11.5 Å². The standard InChI is InChI=1S/C20H14O6S/c21-15-6-10-17(11-7-15)27(24,25)18-12-8-16(9-13-18)26-20(23)19(22)14-4-2-1-3-5-14/h1-13,21H. The van der Waals surface area contributed by atoms with Crippen LogP contribution >= 0.6 is 0 Å². The highest BCUT2D eigenvalue weighted by molar-refractivity contribution is 7.91. The molecule has 0 heterocycles. The van der Waals surface area contributed by atoms with Gasteiger partial charge < -0.3 is 9.84 Å². The lowest BCUT2D eigenvalue weighted by atomic mass is 10.1. The number of ketones is 1. The van der Waals surface area contributed by atoms with Gasteiger partial charge in [0, 0.05) is 5.56 Å². The number of carbonyl (C=O) groups excluding carboxylic acids is 2. The number of benzene rings is 3.